The number of carbonyl (C=O) groups excluding carboxylic acids is 1. The third-order valence-corrected chi connectivity index (χ3v) is 4.68. The first-order chi connectivity index (χ1) is 15.1. The number of nitrogens with zero attached hydrogens (tertiary/aromatic N) is 2. The van der Waals surface area contributed by atoms with Crippen LogP contribution in [0.1, 0.15) is 29.8 Å². The summed E-state index contributed by atoms with van der Waals surface area (Å²) in [4.78, 5) is 17.7. The average molecular weight is 409 g/mol. The molecule has 4 aromatic rings. The number of para-hydroxylation sites is 2. The third-order valence-electron chi connectivity index (χ3n) is 4.68. The molecule has 0 aliphatic carbocycles. The minimum atomic E-state index is -0.297. The van der Waals surface area contributed by atoms with Gasteiger partial charge in [0.05, 0.1) is 29.1 Å². The van der Waals surface area contributed by atoms with Crippen molar-refractivity contribution in [3.63, 3.8) is 0 Å². The van der Waals surface area contributed by atoms with Crippen LogP contribution in [0, 0.1) is 0 Å². The van der Waals surface area contributed by atoms with Gasteiger partial charge in [0.2, 0.25) is 0 Å². The number of rotatable bonds is 6. The summed E-state index contributed by atoms with van der Waals surface area (Å²) in [6, 6.07) is 26.8. The van der Waals surface area contributed by atoms with E-state index in [2.05, 4.69) is 10.5 Å². The number of benzene rings is 3. The number of pyridine rings is 1. The molecule has 1 aromatic heterocycles. The van der Waals surface area contributed by atoms with Gasteiger partial charge in [-0.2, -0.15) is 5.10 Å². The molecule has 0 aliphatic rings. The second-order valence-corrected chi connectivity index (χ2v) is 7.34. The molecular formula is C26H23N3O2. The first kappa shape index (κ1) is 20.3. The van der Waals surface area contributed by atoms with E-state index >= 15 is 0 Å². The maximum absolute atomic E-state index is 13.0. The zero-order valence-electron chi connectivity index (χ0n) is 17.4. The fraction of sp³-hybridized carbons (Fsp3) is 0.115. The molecule has 0 bridgehead atoms. The Hall–Kier alpha value is -3.99. The molecular weight excluding hydrogens is 386 g/mol. The highest BCUT2D eigenvalue weighted by atomic mass is 16.5. The summed E-state index contributed by atoms with van der Waals surface area (Å²) >= 11 is 0. The maximum Gasteiger partial charge on any atom is 0.272 e. The molecule has 0 fully saturated rings. The van der Waals surface area contributed by atoms with Gasteiger partial charge in [0.15, 0.2) is 0 Å². The summed E-state index contributed by atoms with van der Waals surface area (Å²) in [6.45, 7) is 3.93. The number of amides is 1. The molecule has 0 atom stereocenters. The summed E-state index contributed by atoms with van der Waals surface area (Å²) in [5.74, 6) is 0.422. The van der Waals surface area contributed by atoms with Crippen LogP contribution in [0.4, 0.5) is 0 Å². The van der Waals surface area contributed by atoms with Crippen molar-refractivity contribution in [3.8, 4) is 17.0 Å². The van der Waals surface area contributed by atoms with E-state index in [1.54, 1.807) is 12.3 Å². The molecule has 0 radical (unpaired) electrons. The summed E-state index contributed by atoms with van der Waals surface area (Å²) in [5, 5.41) is 4.95. The lowest BCUT2D eigenvalue weighted by Gasteiger charge is -2.12. The van der Waals surface area contributed by atoms with Crippen LogP contribution >= 0.6 is 0 Å². The molecule has 1 amide bonds. The van der Waals surface area contributed by atoms with Gasteiger partial charge in [0.1, 0.15) is 5.75 Å². The average Bonchev–Trinajstić information content (AvgIpc) is 2.79. The van der Waals surface area contributed by atoms with Crippen molar-refractivity contribution < 1.29 is 9.53 Å². The van der Waals surface area contributed by atoms with Gasteiger partial charge in [-0.15, -0.1) is 0 Å². The second-order valence-electron chi connectivity index (χ2n) is 7.34. The van der Waals surface area contributed by atoms with Gasteiger partial charge in [0, 0.05) is 16.5 Å². The predicted molar refractivity (Wildman–Crippen MR) is 124 cm³/mol. The Morgan fingerprint density at radius 3 is 2.48 bits per heavy atom. The van der Waals surface area contributed by atoms with Gasteiger partial charge >= 0.3 is 0 Å². The molecule has 5 heteroatoms. The minimum absolute atomic E-state index is 0.0451. The number of hydrazone groups is 1. The van der Waals surface area contributed by atoms with E-state index in [0.29, 0.717) is 5.56 Å². The van der Waals surface area contributed by atoms with Crippen molar-refractivity contribution >= 4 is 23.0 Å². The SMILES string of the molecule is CC(C)Oc1ccccc1/C=N\NC(=O)c1cc(-c2ccccc2)nc2ccccc12. The van der Waals surface area contributed by atoms with Crippen LogP contribution in [0.5, 0.6) is 5.75 Å². The molecule has 0 aliphatic heterocycles. The number of hydrogen-bond acceptors (Lipinski definition) is 4. The van der Waals surface area contributed by atoms with Gasteiger partial charge < -0.3 is 4.74 Å². The van der Waals surface area contributed by atoms with Crippen LogP contribution in [0.15, 0.2) is 90.0 Å². The zero-order valence-corrected chi connectivity index (χ0v) is 17.4. The number of hydrogen-bond donors (Lipinski definition) is 1. The number of aromatic nitrogens is 1. The van der Waals surface area contributed by atoms with Gasteiger partial charge in [0.25, 0.3) is 5.91 Å². The number of nitrogens with one attached hydrogen (secondary N) is 1. The number of ether oxygens (including phenoxy) is 1. The predicted octanol–water partition coefficient (Wildman–Crippen LogP) is 5.45. The molecule has 31 heavy (non-hydrogen) atoms. The lowest BCUT2D eigenvalue weighted by molar-refractivity contribution is 0.0956. The van der Waals surface area contributed by atoms with Crippen molar-refractivity contribution in [3.05, 3.63) is 96.1 Å². The Morgan fingerprint density at radius 2 is 1.68 bits per heavy atom. The highest BCUT2D eigenvalue weighted by molar-refractivity contribution is 6.07. The second kappa shape index (κ2) is 9.22. The monoisotopic (exact) mass is 409 g/mol. The number of fused-ring (bicyclic) bond motifs is 1. The molecule has 0 unspecified atom stereocenters. The highest BCUT2D eigenvalue weighted by Crippen LogP contribution is 2.25. The van der Waals surface area contributed by atoms with E-state index in [9.17, 15) is 4.79 Å². The quantitative estimate of drug-likeness (QED) is 0.340. The van der Waals surface area contributed by atoms with Crippen molar-refractivity contribution in [2.75, 3.05) is 0 Å². The first-order valence-corrected chi connectivity index (χ1v) is 10.2. The first-order valence-electron chi connectivity index (χ1n) is 10.2. The van der Waals surface area contributed by atoms with E-state index in [4.69, 9.17) is 9.72 Å². The van der Waals surface area contributed by atoms with Gasteiger partial charge in [-0.25, -0.2) is 10.4 Å². The molecule has 0 saturated carbocycles. The largest absolute Gasteiger partial charge is 0.490 e. The topological polar surface area (TPSA) is 63.6 Å². The van der Waals surface area contributed by atoms with Crippen LogP contribution in [0.25, 0.3) is 22.2 Å². The lowest BCUT2D eigenvalue weighted by atomic mass is 10.0. The minimum Gasteiger partial charge on any atom is -0.490 e. The van der Waals surface area contributed by atoms with Crippen molar-refractivity contribution in [2.45, 2.75) is 20.0 Å². The van der Waals surface area contributed by atoms with Gasteiger partial charge in [-0.3, -0.25) is 4.79 Å². The fourth-order valence-electron chi connectivity index (χ4n) is 3.29. The normalized spacial score (nSPS) is 11.2. The summed E-state index contributed by atoms with van der Waals surface area (Å²) in [5.41, 5.74) is 6.41. The molecule has 1 N–H and O–H groups in total. The Kier molecular flexibility index (Phi) is 6.03. The van der Waals surface area contributed by atoms with Crippen LogP contribution in [-0.2, 0) is 0 Å². The van der Waals surface area contributed by atoms with Gasteiger partial charge in [-0.1, -0.05) is 60.7 Å². The Bertz CT molecular complexity index is 1230. The third kappa shape index (κ3) is 4.78. The van der Waals surface area contributed by atoms with Crippen LogP contribution < -0.4 is 10.2 Å². The van der Waals surface area contributed by atoms with Gasteiger partial charge in [-0.05, 0) is 38.1 Å². The molecule has 0 saturated heterocycles. The van der Waals surface area contributed by atoms with E-state index in [-0.39, 0.29) is 12.0 Å². The molecule has 5 nitrogen and oxygen atoms in total. The van der Waals surface area contributed by atoms with E-state index in [1.165, 1.54) is 0 Å². The van der Waals surface area contributed by atoms with Crippen LogP contribution in [0.2, 0.25) is 0 Å². The molecule has 4 rings (SSSR count). The highest BCUT2D eigenvalue weighted by Gasteiger charge is 2.13. The van der Waals surface area contributed by atoms with Crippen LogP contribution in [0.3, 0.4) is 0 Å². The van der Waals surface area contributed by atoms with Crippen molar-refractivity contribution in [2.24, 2.45) is 5.10 Å². The smallest absolute Gasteiger partial charge is 0.272 e. The molecule has 154 valence electrons. The molecule has 0 spiro atoms. The van der Waals surface area contributed by atoms with Crippen molar-refractivity contribution in [1.29, 1.82) is 0 Å². The number of carbonyl (C=O) groups is 1. The van der Waals surface area contributed by atoms with E-state index in [0.717, 1.165) is 33.5 Å². The Morgan fingerprint density at radius 1 is 0.968 bits per heavy atom. The summed E-state index contributed by atoms with van der Waals surface area (Å²) in [7, 11) is 0. The maximum atomic E-state index is 13.0. The van der Waals surface area contributed by atoms with E-state index in [1.807, 2.05) is 92.7 Å². The fourth-order valence-corrected chi connectivity index (χ4v) is 3.29. The Labute approximate surface area is 181 Å². The van der Waals surface area contributed by atoms with E-state index < -0.39 is 0 Å². The lowest BCUT2D eigenvalue weighted by Crippen LogP contribution is -2.18. The molecule has 1 heterocycles. The Balaban J connectivity index is 1.63. The zero-order chi connectivity index (χ0) is 21.6. The standard InChI is InChI=1S/C26H23N3O2/c1-18(2)31-25-15-9-6-12-20(25)17-27-29-26(30)22-16-24(19-10-4-3-5-11-19)28-23-14-8-7-13-21(22)23/h3-18H,1-2H3,(H,29,30)/b27-17-. The summed E-state index contributed by atoms with van der Waals surface area (Å²) in [6.07, 6.45) is 1.64. The molecule has 3 aromatic carbocycles. The summed E-state index contributed by atoms with van der Waals surface area (Å²) < 4.78 is 5.80. The van der Waals surface area contributed by atoms with Crippen LogP contribution in [-0.4, -0.2) is 23.2 Å². The van der Waals surface area contributed by atoms with Crippen molar-refractivity contribution in [1.82, 2.24) is 10.4 Å².